The van der Waals surface area contributed by atoms with E-state index < -0.39 is 30.1 Å². The number of nitrogens with two attached hydrogens (primary N) is 1. The van der Waals surface area contributed by atoms with Crippen molar-refractivity contribution in [2.24, 2.45) is 11.7 Å². The molecule has 1 aliphatic rings. The van der Waals surface area contributed by atoms with Crippen LogP contribution in [0.5, 0.6) is 0 Å². The molecule has 3 N–H and O–H groups in total. The standard InChI is InChI=1S/C16H21N3O5/c1-23-14(20)12-7-13(9-19(8-12)15(17)21)18-16(22)24-10-11-5-3-2-4-6-11/h2-6,12-13H,7-10H2,1H3,(H2,17,21)(H,18,22). The van der Waals surface area contributed by atoms with E-state index in [1.165, 1.54) is 12.0 Å². The Kier molecular flexibility index (Phi) is 6.00. The number of amides is 3. The van der Waals surface area contributed by atoms with Crippen molar-refractivity contribution in [1.29, 1.82) is 0 Å². The normalized spacial score (nSPS) is 20.1. The van der Waals surface area contributed by atoms with E-state index in [2.05, 4.69) is 5.32 Å². The maximum absolute atomic E-state index is 11.9. The maximum Gasteiger partial charge on any atom is 0.407 e. The average molecular weight is 335 g/mol. The number of primary amides is 1. The van der Waals surface area contributed by atoms with Gasteiger partial charge in [0.15, 0.2) is 0 Å². The lowest BCUT2D eigenvalue weighted by atomic mass is 9.94. The Hall–Kier alpha value is -2.77. The zero-order chi connectivity index (χ0) is 17.5. The molecule has 0 spiro atoms. The first-order valence-electron chi connectivity index (χ1n) is 7.59. The predicted octanol–water partition coefficient (Wildman–Crippen LogP) is 0.855. The first-order valence-corrected chi connectivity index (χ1v) is 7.59. The molecule has 0 aliphatic carbocycles. The van der Waals surface area contributed by atoms with Crippen LogP contribution in [0.25, 0.3) is 0 Å². The second kappa shape index (κ2) is 8.19. The van der Waals surface area contributed by atoms with Gasteiger partial charge in [-0.15, -0.1) is 0 Å². The van der Waals surface area contributed by atoms with Crippen LogP contribution in [0.3, 0.4) is 0 Å². The smallest absolute Gasteiger partial charge is 0.407 e. The number of ether oxygens (including phenoxy) is 2. The van der Waals surface area contributed by atoms with Crippen molar-refractivity contribution in [2.75, 3.05) is 20.2 Å². The van der Waals surface area contributed by atoms with Crippen LogP contribution in [0.2, 0.25) is 0 Å². The summed E-state index contributed by atoms with van der Waals surface area (Å²) in [7, 11) is 1.28. The second-order valence-electron chi connectivity index (χ2n) is 5.60. The number of hydrogen-bond acceptors (Lipinski definition) is 5. The number of piperidine rings is 1. The second-order valence-corrected chi connectivity index (χ2v) is 5.60. The minimum atomic E-state index is -0.645. The van der Waals surface area contributed by atoms with Gasteiger partial charge >= 0.3 is 18.1 Å². The first-order chi connectivity index (χ1) is 11.5. The van der Waals surface area contributed by atoms with Crippen LogP contribution in [-0.2, 0) is 20.9 Å². The SMILES string of the molecule is COC(=O)C1CC(NC(=O)OCc2ccccc2)CN(C(N)=O)C1. The number of nitrogens with one attached hydrogen (secondary N) is 1. The Morgan fingerprint density at radius 2 is 1.96 bits per heavy atom. The van der Waals surface area contributed by atoms with Crippen molar-refractivity contribution in [3.05, 3.63) is 35.9 Å². The van der Waals surface area contributed by atoms with Gasteiger partial charge in [-0.3, -0.25) is 4.79 Å². The fraction of sp³-hybridized carbons (Fsp3) is 0.438. The van der Waals surface area contributed by atoms with Crippen LogP contribution in [0.4, 0.5) is 9.59 Å². The molecule has 8 heteroatoms. The maximum atomic E-state index is 11.9. The number of urea groups is 1. The number of alkyl carbamates (subject to hydrolysis) is 1. The molecule has 2 atom stereocenters. The first kappa shape index (κ1) is 17.6. The summed E-state index contributed by atoms with van der Waals surface area (Å²) in [5.74, 6) is -0.971. The fourth-order valence-corrected chi connectivity index (χ4v) is 2.65. The molecule has 1 fully saturated rings. The quantitative estimate of drug-likeness (QED) is 0.793. The molecule has 1 heterocycles. The van der Waals surface area contributed by atoms with Crippen molar-refractivity contribution >= 4 is 18.1 Å². The van der Waals surface area contributed by atoms with E-state index in [4.69, 9.17) is 15.2 Å². The number of carbonyl (C=O) groups is 3. The van der Waals surface area contributed by atoms with Crippen molar-refractivity contribution in [2.45, 2.75) is 19.1 Å². The molecular weight excluding hydrogens is 314 g/mol. The van der Waals surface area contributed by atoms with Gasteiger partial charge in [-0.1, -0.05) is 30.3 Å². The van der Waals surface area contributed by atoms with E-state index in [0.717, 1.165) is 5.56 Å². The molecule has 0 radical (unpaired) electrons. The van der Waals surface area contributed by atoms with Gasteiger partial charge in [0.2, 0.25) is 0 Å². The molecule has 3 amide bonds. The molecule has 2 rings (SSSR count). The number of esters is 1. The van der Waals surface area contributed by atoms with Crippen molar-refractivity contribution in [3.8, 4) is 0 Å². The number of methoxy groups -OCH3 is 1. The molecule has 2 unspecified atom stereocenters. The monoisotopic (exact) mass is 335 g/mol. The molecule has 1 saturated heterocycles. The third kappa shape index (κ3) is 4.87. The Labute approximate surface area is 139 Å². The molecule has 24 heavy (non-hydrogen) atoms. The lowest BCUT2D eigenvalue weighted by Crippen LogP contribution is -2.55. The molecule has 1 aliphatic heterocycles. The van der Waals surface area contributed by atoms with E-state index >= 15 is 0 Å². The zero-order valence-corrected chi connectivity index (χ0v) is 13.4. The summed E-state index contributed by atoms with van der Waals surface area (Å²) >= 11 is 0. The summed E-state index contributed by atoms with van der Waals surface area (Å²) < 4.78 is 9.86. The van der Waals surface area contributed by atoms with Crippen LogP contribution in [-0.4, -0.2) is 49.2 Å². The third-order valence-electron chi connectivity index (χ3n) is 3.83. The summed E-state index contributed by atoms with van der Waals surface area (Å²) in [6, 6.07) is 8.18. The summed E-state index contributed by atoms with van der Waals surface area (Å²) in [5, 5.41) is 2.66. The predicted molar refractivity (Wildman–Crippen MR) is 84.8 cm³/mol. The topological polar surface area (TPSA) is 111 Å². The highest BCUT2D eigenvalue weighted by Gasteiger charge is 2.34. The minimum Gasteiger partial charge on any atom is -0.469 e. The van der Waals surface area contributed by atoms with Gasteiger partial charge in [0.05, 0.1) is 19.1 Å². The van der Waals surface area contributed by atoms with Crippen LogP contribution in [0.15, 0.2) is 30.3 Å². The number of benzene rings is 1. The van der Waals surface area contributed by atoms with Gasteiger partial charge in [-0.25, -0.2) is 9.59 Å². The fourth-order valence-electron chi connectivity index (χ4n) is 2.65. The summed E-state index contributed by atoms with van der Waals surface area (Å²) in [4.78, 5) is 36.4. The van der Waals surface area contributed by atoms with Gasteiger partial charge < -0.3 is 25.4 Å². The number of hydrogen-bond donors (Lipinski definition) is 2. The lowest BCUT2D eigenvalue weighted by molar-refractivity contribution is -0.147. The molecule has 1 aromatic carbocycles. The van der Waals surface area contributed by atoms with Crippen molar-refractivity contribution < 1.29 is 23.9 Å². The van der Waals surface area contributed by atoms with Crippen LogP contribution in [0, 0.1) is 5.92 Å². The van der Waals surface area contributed by atoms with Gasteiger partial charge in [-0.05, 0) is 12.0 Å². The molecule has 8 nitrogen and oxygen atoms in total. The summed E-state index contributed by atoms with van der Waals surface area (Å²) in [6.07, 6.45) is -0.254. The Morgan fingerprint density at radius 1 is 1.25 bits per heavy atom. The number of carbonyl (C=O) groups excluding carboxylic acids is 3. The molecule has 0 bridgehead atoms. The number of nitrogens with zero attached hydrogens (tertiary/aromatic N) is 1. The van der Waals surface area contributed by atoms with Crippen molar-refractivity contribution in [3.63, 3.8) is 0 Å². The highest BCUT2D eigenvalue weighted by molar-refractivity contribution is 5.77. The lowest BCUT2D eigenvalue weighted by Gasteiger charge is -2.35. The van der Waals surface area contributed by atoms with E-state index in [1.807, 2.05) is 30.3 Å². The molecule has 130 valence electrons. The largest absolute Gasteiger partial charge is 0.469 e. The van der Waals surface area contributed by atoms with Crippen LogP contribution < -0.4 is 11.1 Å². The van der Waals surface area contributed by atoms with Gasteiger partial charge in [-0.2, -0.15) is 0 Å². The van der Waals surface area contributed by atoms with Crippen LogP contribution >= 0.6 is 0 Å². The third-order valence-corrected chi connectivity index (χ3v) is 3.83. The minimum absolute atomic E-state index is 0.138. The Morgan fingerprint density at radius 3 is 2.58 bits per heavy atom. The summed E-state index contributed by atoms with van der Waals surface area (Å²) in [6.45, 7) is 0.544. The van der Waals surface area contributed by atoms with E-state index in [0.29, 0.717) is 6.42 Å². The molecule has 0 saturated carbocycles. The van der Waals surface area contributed by atoms with Gasteiger partial charge in [0.1, 0.15) is 6.61 Å². The zero-order valence-electron chi connectivity index (χ0n) is 13.4. The highest BCUT2D eigenvalue weighted by atomic mass is 16.5. The van der Waals surface area contributed by atoms with E-state index in [1.54, 1.807) is 0 Å². The summed E-state index contributed by atoms with van der Waals surface area (Å²) in [5.41, 5.74) is 6.15. The number of rotatable bonds is 4. The number of likely N-dealkylation sites (tertiary alicyclic amines) is 1. The highest BCUT2D eigenvalue weighted by Crippen LogP contribution is 2.18. The Balaban J connectivity index is 1.90. The molecular formula is C16H21N3O5. The van der Waals surface area contributed by atoms with Crippen molar-refractivity contribution in [1.82, 2.24) is 10.2 Å². The Bertz CT molecular complexity index is 593. The van der Waals surface area contributed by atoms with E-state index in [9.17, 15) is 14.4 Å². The molecule has 1 aromatic rings. The van der Waals surface area contributed by atoms with Gasteiger partial charge in [0, 0.05) is 13.1 Å². The van der Waals surface area contributed by atoms with E-state index in [-0.39, 0.29) is 19.7 Å². The average Bonchev–Trinajstić information content (AvgIpc) is 2.59. The molecule has 0 aromatic heterocycles. The van der Waals surface area contributed by atoms with Crippen LogP contribution in [0.1, 0.15) is 12.0 Å². The van der Waals surface area contributed by atoms with Gasteiger partial charge in [0.25, 0.3) is 0 Å².